The number of imidazole rings is 1. The van der Waals surface area contributed by atoms with Gasteiger partial charge in [-0.1, -0.05) is 12.1 Å². The van der Waals surface area contributed by atoms with Crippen molar-refractivity contribution < 1.29 is 5.11 Å². The molecule has 0 bridgehead atoms. The molecule has 2 aliphatic rings. The number of nitriles is 1. The van der Waals surface area contributed by atoms with Crippen LogP contribution < -0.4 is 4.90 Å². The number of aliphatic hydroxyl groups is 1. The zero-order valence-electron chi connectivity index (χ0n) is 20.0. The van der Waals surface area contributed by atoms with Crippen LogP contribution in [0.5, 0.6) is 0 Å². The quantitative estimate of drug-likeness (QED) is 0.437. The summed E-state index contributed by atoms with van der Waals surface area (Å²) in [4.78, 5) is 9.49. The Morgan fingerprint density at radius 2 is 1.94 bits per heavy atom. The van der Waals surface area contributed by atoms with Crippen LogP contribution in [0.2, 0.25) is 0 Å². The first kappa shape index (κ1) is 21.7. The van der Waals surface area contributed by atoms with Gasteiger partial charge in [-0.15, -0.1) is 0 Å². The molecule has 4 aromatic rings. The summed E-state index contributed by atoms with van der Waals surface area (Å²) in [6, 6.07) is 19.2. The van der Waals surface area contributed by atoms with E-state index in [-0.39, 0.29) is 6.61 Å². The Kier molecular flexibility index (Phi) is 5.21. The zero-order valence-corrected chi connectivity index (χ0v) is 20.0. The standard InChI is InChI=1S/C28H28N6O/c1-31(2)24-9-10-32(17-24)23-7-8-26-22(11-23)16-33-15-21(20-5-3-19(13-29)4-6-20)12-27(33)28-30-14-25(18-35)34(26)28/h3-8,11-12,14-15,24,35H,9-10,16-18H2,1-2H3/t24-/m1/s1. The van der Waals surface area contributed by atoms with E-state index in [0.717, 1.165) is 47.1 Å². The van der Waals surface area contributed by atoms with Crippen molar-refractivity contribution in [2.24, 2.45) is 0 Å². The van der Waals surface area contributed by atoms with Gasteiger partial charge < -0.3 is 19.5 Å². The van der Waals surface area contributed by atoms with Gasteiger partial charge in [-0.3, -0.25) is 4.57 Å². The van der Waals surface area contributed by atoms with Gasteiger partial charge in [0.1, 0.15) is 0 Å². The SMILES string of the molecule is CN(C)[C@@H]1CCN(c2ccc3c(c2)Cn2cc(-c4ccc(C#N)cc4)cc2-c2ncc(CO)n2-3)C1. The maximum Gasteiger partial charge on any atom is 0.161 e. The van der Waals surface area contributed by atoms with E-state index in [1.165, 1.54) is 17.7 Å². The molecule has 176 valence electrons. The van der Waals surface area contributed by atoms with Crippen LogP contribution in [0.1, 0.15) is 23.2 Å². The first-order valence-corrected chi connectivity index (χ1v) is 12.0. The Morgan fingerprint density at radius 1 is 1.11 bits per heavy atom. The first-order chi connectivity index (χ1) is 17.1. The fourth-order valence-corrected chi connectivity index (χ4v) is 5.37. The lowest BCUT2D eigenvalue weighted by Gasteiger charge is -2.23. The molecule has 6 rings (SSSR count). The molecule has 2 aliphatic heterocycles. The lowest BCUT2D eigenvalue weighted by atomic mass is 10.1. The van der Waals surface area contributed by atoms with E-state index in [0.29, 0.717) is 18.2 Å². The summed E-state index contributed by atoms with van der Waals surface area (Å²) in [5, 5.41) is 19.2. The second kappa shape index (κ2) is 8.42. The molecule has 7 nitrogen and oxygen atoms in total. The van der Waals surface area contributed by atoms with Gasteiger partial charge in [-0.25, -0.2) is 4.98 Å². The van der Waals surface area contributed by atoms with E-state index in [1.807, 2.05) is 24.3 Å². The molecule has 0 spiro atoms. The summed E-state index contributed by atoms with van der Waals surface area (Å²) in [7, 11) is 4.31. The summed E-state index contributed by atoms with van der Waals surface area (Å²) in [5.74, 6) is 0.828. The van der Waals surface area contributed by atoms with Crippen LogP contribution in [0.25, 0.3) is 28.3 Å². The Morgan fingerprint density at radius 3 is 2.66 bits per heavy atom. The predicted octanol–water partition coefficient (Wildman–Crippen LogP) is 3.87. The van der Waals surface area contributed by atoms with Crippen LogP contribution in [0.15, 0.2) is 60.9 Å². The van der Waals surface area contributed by atoms with E-state index in [9.17, 15) is 5.11 Å². The molecule has 0 aliphatic carbocycles. The number of nitrogens with zero attached hydrogens (tertiary/aromatic N) is 6. The molecular weight excluding hydrogens is 436 g/mol. The number of hydrogen-bond donors (Lipinski definition) is 1. The molecule has 0 unspecified atom stereocenters. The number of anilines is 1. The molecule has 4 heterocycles. The maximum absolute atomic E-state index is 10.1. The second-order valence-electron chi connectivity index (χ2n) is 9.66. The minimum atomic E-state index is -0.0754. The summed E-state index contributed by atoms with van der Waals surface area (Å²) < 4.78 is 4.34. The van der Waals surface area contributed by atoms with E-state index in [2.05, 4.69) is 69.6 Å². The molecule has 0 radical (unpaired) electrons. The molecular formula is C28H28N6O. The lowest BCUT2D eigenvalue weighted by Crippen LogP contribution is -2.31. The first-order valence-electron chi connectivity index (χ1n) is 12.0. The molecule has 1 N–H and O–H groups in total. The third-order valence-electron chi connectivity index (χ3n) is 7.37. The highest BCUT2D eigenvalue weighted by molar-refractivity contribution is 5.73. The number of benzene rings is 2. The largest absolute Gasteiger partial charge is 0.390 e. The van der Waals surface area contributed by atoms with Crippen molar-refractivity contribution in [1.29, 1.82) is 5.26 Å². The number of hydrogen-bond acceptors (Lipinski definition) is 5. The molecule has 1 atom stereocenters. The summed E-state index contributed by atoms with van der Waals surface area (Å²) in [6.45, 7) is 2.72. The van der Waals surface area contributed by atoms with Gasteiger partial charge in [0.05, 0.1) is 41.5 Å². The average molecular weight is 465 g/mol. The predicted molar refractivity (Wildman–Crippen MR) is 136 cm³/mol. The van der Waals surface area contributed by atoms with E-state index in [4.69, 9.17) is 10.2 Å². The number of fused-ring (bicyclic) bond motifs is 5. The fraction of sp³-hybridized carbons (Fsp3) is 0.286. The van der Waals surface area contributed by atoms with E-state index < -0.39 is 0 Å². The van der Waals surface area contributed by atoms with Crippen LogP contribution in [-0.2, 0) is 13.2 Å². The van der Waals surface area contributed by atoms with Crippen molar-refractivity contribution >= 4 is 5.69 Å². The van der Waals surface area contributed by atoms with Gasteiger partial charge in [0.15, 0.2) is 5.82 Å². The minimum absolute atomic E-state index is 0.0754. The van der Waals surface area contributed by atoms with Crippen molar-refractivity contribution in [3.05, 3.63) is 77.7 Å². The van der Waals surface area contributed by atoms with Crippen molar-refractivity contribution in [3.63, 3.8) is 0 Å². The molecule has 7 heteroatoms. The van der Waals surface area contributed by atoms with Crippen molar-refractivity contribution in [2.75, 3.05) is 32.1 Å². The fourth-order valence-electron chi connectivity index (χ4n) is 5.37. The highest BCUT2D eigenvalue weighted by atomic mass is 16.3. The molecule has 1 fully saturated rings. The third kappa shape index (κ3) is 3.63. The van der Waals surface area contributed by atoms with Gasteiger partial charge in [0.25, 0.3) is 0 Å². The monoisotopic (exact) mass is 464 g/mol. The third-order valence-corrected chi connectivity index (χ3v) is 7.37. The Bertz CT molecular complexity index is 1440. The highest BCUT2D eigenvalue weighted by Gasteiger charge is 2.27. The minimum Gasteiger partial charge on any atom is -0.390 e. The summed E-state index contributed by atoms with van der Waals surface area (Å²) in [6.07, 6.45) is 5.09. The lowest BCUT2D eigenvalue weighted by molar-refractivity contribution is 0.275. The van der Waals surface area contributed by atoms with Crippen LogP contribution in [0, 0.1) is 11.3 Å². The van der Waals surface area contributed by atoms with E-state index in [1.54, 1.807) is 6.20 Å². The smallest absolute Gasteiger partial charge is 0.161 e. The number of likely N-dealkylation sites (N-methyl/N-ethyl adjacent to an activating group) is 1. The highest BCUT2D eigenvalue weighted by Crippen LogP contribution is 2.37. The van der Waals surface area contributed by atoms with Crippen LogP contribution in [0.4, 0.5) is 5.69 Å². The molecule has 0 amide bonds. The Balaban J connectivity index is 1.44. The van der Waals surface area contributed by atoms with Gasteiger partial charge in [0.2, 0.25) is 0 Å². The van der Waals surface area contributed by atoms with Gasteiger partial charge in [-0.05, 0) is 68.0 Å². The topological polar surface area (TPSA) is 73.2 Å². The van der Waals surface area contributed by atoms with Gasteiger partial charge in [0, 0.05) is 43.1 Å². The number of rotatable bonds is 4. The van der Waals surface area contributed by atoms with Crippen LogP contribution >= 0.6 is 0 Å². The van der Waals surface area contributed by atoms with Gasteiger partial charge >= 0.3 is 0 Å². The average Bonchev–Trinajstić information content (AvgIpc) is 3.61. The summed E-state index contributed by atoms with van der Waals surface area (Å²) >= 11 is 0. The number of aromatic nitrogens is 3. The summed E-state index contributed by atoms with van der Waals surface area (Å²) in [5.41, 5.74) is 8.08. The zero-order chi connectivity index (χ0) is 24.1. The molecule has 2 aromatic carbocycles. The van der Waals surface area contributed by atoms with Crippen molar-refractivity contribution in [3.8, 4) is 34.4 Å². The molecule has 1 saturated heterocycles. The maximum atomic E-state index is 10.1. The van der Waals surface area contributed by atoms with E-state index >= 15 is 0 Å². The normalized spacial score (nSPS) is 16.5. The van der Waals surface area contributed by atoms with Crippen LogP contribution in [-0.4, -0.2) is 57.4 Å². The molecule has 2 aromatic heterocycles. The van der Waals surface area contributed by atoms with Crippen molar-refractivity contribution in [2.45, 2.75) is 25.6 Å². The Hall–Kier alpha value is -3.86. The molecule has 0 saturated carbocycles. The van der Waals surface area contributed by atoms with Gasteiger partial charge in [-0.2, -0.15) is 5.26 Å². The second-order valence-corrected chi connectivity index (χ2v) is 9.66. The van der Waals surface area contributed by atoms with Crippen LogP contribution in [0.3, 0.4) is 0 Å². The number of aliphatic hydroxyl groups excluding tert-OH is 1. The van der Waals surface area contributed by atoms with Crippen molar-refractivity contribution in [1.82, 2.24) is 19.0 Å². The Labute approximate surface area is 205 Å². The molecule has 35 heavy (non-hydrogen) atoms.